The van der Waals surface area contributed by atoms with E-state index in [1.165, 1.54) is 0 Å². The van der Waals surface area contributed by atoms with Gasteiger partial charge in [0.05, 0.1) is 31.3 Å². The highest BCUT2D eigenvalue weighted by Crippen LogP contribution is 2.40. The van der Waals surface area contributed by atoms with Crippen LogP contribution in [0.15, 0.2) is 42.5 Å². The summed E-state index contributed by atoms with van der Waals surface area (Å²) in [5.74, 6) is -0.592. The molecule has 0 heterocycles. The Morgan fingerprint density at radius 3 is 2.30 bits per heavy atom. The number of nitrogens with one attached hydrogen (secondary N) is 1. The zero-order chi connectivity index (χ0) is 27.8. The molecule has 0 bridgehead atoms. The number of carbonyl (C=O) groups is 2. The van der Waals surface area contributed by atoms with Crippen LogP contribution in [-0.4, -0.2) is 49.7 Å². The Balaban J connectivity index is 2.47. The monoisotopic (exact) mass is 532 g/mol. The lowest BCUT2D eigenvalue weighted by atomic mass is 9.83. The van der Waals surface area contributed by atoms with E-state index in [2.05, 4.69) is 5.32 Å². The second-order valence-corrected chi connectivity index (χ2v) is 11.5. The van der Waals surface area contributed by atoms with Crippen molar-refractivity contribution in [3.8, 4) is 5.75 Å². The van der Waals surface area contributed by atoms with Gasteiger partial charge in [-0.1, -0.05) is 45.0 Å². The Morgan fingerprint density at radius 2 is 1.73 bits per heavy atom. The standard InChI is InChI=1S/C29H41ClN2O5/c1-8-36-15-16-37-26(29(5,6)30)21(20-11-9-10-12-24(20)35-7)18-25(33)32-23-17-19(27(31)34)13-14-22(23)28(2,3)4/h9-14,17,21,26H,8,15-16,18H2,1-7H3,(H2,31,34)(H,32,33). The van der Waals surface area contributed by atoms with Crippen LogP contribution in [0.3, 0.4) is 0 Å². The lowest BCUT2D eigenvalue weighted by Crippen LogP contribution is -2.41. The van der Waals surface area contributed by atoms with Gasteiger partial charge in [0, 0.05) is 35.8 Å². The Kier molecular flexibility index (Phi) is 11.0. The van der Waals surface area contributed by atoms with E-state index in [1.807, 2.05) is 71.9 Å². The van der Waals surface area contributed by atoms with Gasteiger partial charge in [-0.2, -0.15) is 0 Å². The van der Waals surface area contributed by atoms with Gasteiger partial charge < -0.3 is 25.3 Å². The summed E-state index contributed by atoms with van der Waals surface area (Å²) in [5, 5.41) is 3.02. The minimum Gasteiger partial charge on any atom is -0.496 e. The largest absolute Gasteiger partial charge is 0.496 e. The van der Waals surface area contributed by atoms with Crippen LogP contribution in [0.1, 0.15) is 75.4 Å². The molecule has 0 aliphatic heterocycles. The van der Waals surface area contributed by atoms with Crippen LogP contribution in [0.2, 0.25) is 0 Å². The van der Waals surface area contributed by atoms with Gasteiger partial charge in [0.1, 0.15) is 5.75 Å². The van der Waals surface area contributed by atoms with Crippen LogP contribution in [0, 0.1) is 0 Å². The Bertz CT molecular complexity index is 1060. The second-order valence-electron chi connectivity index (χ2n) is 10.5. The summed E-state index contributed by atoms with van der Waals surface area (Å²) in [6, 6.07) is 12.7. The van der Waals surface area contributed by atoms with Crippen molar-refractivity contribution in [1.29, 1.82) is 0 Å². The molecule has 0 aromatic heterocycles. The number of halogens is 1. The van der Waals surface area contributed by atoms with Gasteiger partial charge in [0.25, 0.3) is 0 Å². The molecule has 2 unspecified atom stereocenters. The Hall–Kier alpha value is -2.61. The zero-order valence-corrected chi connectivity index (χ0v) is 23.8. The molecular formula is C29H41ClN2O5. The summed E-state index contributed by atoms with van der Waals surface area (Å²) < 4.78 is 17.3. The number of rotatable bonds is 13. The number of benzene rings is 2. The highest BCUT2D eigenvalue weighted by atomic mass is 35.5. The molecule has 0 aliphatic rings. The number of nitrogens with two attached hydrogens (primary N) is 1. The predicted octanol–water partition coefficient (Wildman–Crippen LogP) is 5.64. The fourth-order valence-electron chi connectivity index (χ4n) is 4.38. The molecule has 3 N–H and O–H groups in total. The van der Waals surface area contributed by atoms with Gasteiger partial charge in [-0.3, -0.25) is 9.59 Å². The number of anilines is 1. The normalized spacial score (nSPS) is 13.6. The minimum atomic E-state index is -0.805. The van der Waals surface area contributed by atoms with Crippen molar-refractivity contribution < 1.29 is 23.8 Å². The van der Waals surface area contributed by atoms with Gasteiger partial charge in [-0.05, 0) is 49.9 Å². The van der Waals surface area contributed by atoms with Crippen molar-refractivity contribution in [3.05, 3.63) is 59.2 Å². The smallest absolute Gasteiger partial charge is 0.248 e. The van der Waals surface area contributed by atoms with Crippen LogP contribution >= 0.6 is 11.6 Å². The molecule has 2 rings (SSSR count). The molecular weight excluding hydrogens is 492 g/mol. The average Bonchev–Trinajstić information content (AvgIpc) is 2.81. The summed E-state index contributed by atoms with van der Waals surface area (Å²) in [6.45, 7) is 13.1. The van der Waals surface area contributed by atoms with Gasteiger partial charge in [0.2, 0.25) is 11.8 Å². The van der Waals surface area contributed by atoms with Crippen LogP contribution in [0.25, 0.3) is 0 Å². The first-order valence-electron chi connectivity index (χ1n) is 12.5. The van der Waals surface area contributed by atoms with Crippen molar-refractivity contribution in [3.63, 3.8) is 0 Å². The number of alkyl halides is 1. The van der Waals surface area contributed by atoms with Crippen molar-refractivity contribution in [2.75, 3.05) is 32.2 Å². The third-order valence-electron chi connectivity index (χ3n) is 6.10. The number of ether oxygens (including phenoxy) is 3. The molecule has 2 atom stereocenters. The van der Waals surface area contributed by atoms with E-state index in [0.29, 0.717) is 36.8 Å². The SMILES string of the molecule is CCOCCOC(C(CC(=O)Nc1cc(C(N)=O)ccc1C(C)(C)C)c1ccccc1OC)C(C)(C)Cl. The average molecular weight is 533 g/mol. The van der Waals surface area contributed by atoms with Crippen molar-refractivity contribution in [2.24, 2.45) is 5.73 Å². The van der Waals surface area contributed by atoms with Gasteiger partial charge >= 0.3 is 0 Å². The van der Waals surface area contributed by atoms with Crippen LogP contribution in [0.4, 0.5) is 5.69 Å². The van der Waals surface area contributed by atoms with Gasteiger partial charge in [0.15, 0.2) is 0 Å². The second kappa shape index (κ2) is 13.3. The first kappa shape index (κ1) is 30.6. The van der Waals surface area contributed by atoms with Crippen molar-refractivity contribution in [1.82, 2.24) is 0 Å². The fourth-order valence-corrected chi connectivity index (χ4v) is 4.59. The number of para-hydroxylation sites is 1. The van der Waals surface area contributed by atoms with Gasteiger partial charge in [-0.25, -0.2) is 0 Å². The molecule has 0 radical (unpaired) electrons. The maximum absolute atomic E-state index is 13.6. The third kappa shape index (κ3) is 8.73. The van der Waals surface area contributed by atoms with E-state index in [9.17, 15) is 9.59 Å². The molecule has 0 spiro atoms. The zero-order valence-electron chi connectivity index (χ0n) is 23.0. The number of hydrogen-bond donors (Lipinski definition) is 2. The molecule has 8 heteroatoms. The number of methoxy groups -OCH3 is 1. The summed E-state index contributed by atoms with van der Waals surface area (Å²) in [4.78, 5) is 24.6. The first-order valence-corrected chi connectivity index (χ1v) is 12.9. The van der Waals surface area contributed by atoms with Crippen LogP contribution in [-0.2, 0) is 19.7 Å². The Labute approximate surface area is 226 Å². The summed E-state index contributed by atoms with van der Waals surface area (Å²) in [6.07, 6.45) is -0.462. The number of amides is 2. The number of primary amides is 1. The highest BCUT2D eigenvalue weighted by Gasteiger charge is 2.38. The fraction of sp³-hybridized carbons (Fsp3) is 0.517. The maximum atomic E-state index is 13.6. The van der Waals surface area contributed by atoms with Crippen LogP contribution in [0.5, 0.6) is 5.75 Å². The topological polar surface area (TPSA) is 99.9 Å². The van der Waals surface area contributed by atoms with E-state index < -0.39 is 22.8 Å². The van der Waals surface area contributed by atoms with E-state index in [1.54, 1.807) is 19.2 Å². The molecule has 0 aliphatic carbocycles. The van der Waals surface area contributed by atoms with E-state index in [4.69, 9.17) is 31.5 Å². The molecule has 204 valence electrons. The molecule has 2 amide bonds. The molecule has 7 nitrogen and oxygen atoms in total. The minimum absolute atomic E-state index is 0.0696. The molecule has 0 saturated heterocycles. The molecule has 0 fully saturated rings. The van der Waals surface area contributed by atoms with Crippen molar-refractivity contribution in [2.45, 2.75) is 70.3 Å². The van der Waals surface area contributed by atoms with E-state index in [0.717, 1.165) is 11.1 Å². The van der Waals surface area contributed by atoms with E-state index in [-0.39, 0.29) is 17.7 Å². The highest BCUT2D eigenvalue weighted by molar-refractivity contribution is 6.24. The number of hydrogen-bond acceptors (Lipinski definition) is 5. The molecule has 37 heavy (non-hydrogen) atoms. The Morgan fingerprint density at radius 1 is 1.05 bits per heavy atom. The summed E-state index contributed by atoms with van der Waals surface area (Å²) in [5.41, 5.74) is 7.81. The summed E-state index contributed by atoms with van der Waals surface area (Å²) in [7, 11) is 1.59. The lowest BCUT2D eigenvalue weighted by Gasteiger charge is -2.36. The summed E-state index contributed by atoms with van der Waals surface area (Å²) >= 11 is 6.85. The van der Waals surface area contributed by atoms with Crippen molar-refractivity contribution >= 4 is 29.1 Å². The number of carbonyl (C=O) groups excluding carboxylic acids is 2. The first-order chi connectivity index (χ1) is 17.3. The quantitative estimate of drug-likeness (QED) is 0.257. The lowest BCUT2D eigenvalue weighted by molar-refractivity contribution is -0.117. The molecule has 2 aromatic rings. The molecule has 2 aromatic carbocycles. The van der Waals surface area contributed by atoms with E-state index >= 15 is 0 Å². The predicted molar refractivity (Wildman–Crippen MR) is 149 cm³/mol. The van der Waals surface area contributed by atoms with Gasteiger partial charge in [-0.15, -0.1) is 11.6 Å². The maximum Gasteiger partial charge on any atom is 0.248 e. The van der Waals surface area contributed by atoms with Crippen LogP contribution < -0.4 is 15.8 Å². The third-order valence-corrected chi connectivity index (χ3v) is 6.32. The molecule has 0 saturated carbocycles.